The highest BCUT2D eigenvalue weighted by atomic mass is 32.2. The molecule has 0 aromatic rings. The maximum Gasteiger partial charge on any atom is 0.237 e. The molecule has 0 fully saturated rings. The van der Waals surface area contributed by atoms with E-state index in [0.29, 0.717) is 0 Å². The van der Waals surface area contributed by atoms with Gasteiger partial charge in [-0.2, -0.15) is 11.8 Å². The van der Waals surface area contributed by atoms with Gasteiger partial charge in [0.2, 0.25) is 5.91 Å². The fraction of sp³-hybridized carbons (Fsp3) is 0.923. The maximum absolute atomic E-state index is 11.5. The Hall–Kier alpha value is -0.220. The molecule has 102 valence electrons. The van der Waals surface area contributed by atoms with E-state index in [9.17, 15) is 4.79 Å². The summed E-state index contributed by atoms with van der Waals surface area (Å²) in [5, 5.41) is 3.27. The summed E-state index contributed by atoms with van der Waals surface area (Å²) in [6.07, 6.45) is 4.63. The lowest BCUT2D eigenvalue weighted by atomic mass is 9.97. The molecule has 0 aliphatic heterocycles. The first-order chi connectivity index (χ1) is 7.92. The molecule has 0 radical (unpaired) electrons. The fourth-order valence-electron chi connectivity index (χ4n) is 1.74. The van der Waals surface area contributed by atoms with Crippen LogP contribution in [0, 0.1) is 0 Å². The zero-order valence-corrected chi connectivity index (χ0v) is 12.5. The van der Waals surface area contributed by atoms with E-state index in [-0.39, 0.29) is 11.9 Å². The number of hydrogen-bond acceptors (Lipinski definition) is 3. The van der Waals surface area contributed by atoms with E-state index in [0.717, 1.165) is 12.2 Å². The van der Waals surface area contributed by atoms with Crippen molar-refractivity contribution in [2.75, 3.05) is 11.5 Å². The SMILES string of the molecule is CCCCCSCCC(C)(NC(C)C)C(N)=O. The molecular weight excluding hydrogens is 232 g/mol. The van der Waals surface area contributed by atoms with Crippen molar-refractivity contribution in [1.82, 2.24) is 5.32 Å². The molecule has 0 rings (SSSR count). The van der Waals surface area contributed by atoms with Gasteiger partial charge in [-0.1, -0.05) is 19.8 Å². The Balaban J connectivity index is 3.89. The van der Waals surface area contributed by atoms with Gasteiger partial charge in [-0.3, -0.25) is 4.79 Å². The molecule has 1 amide bonds. The van der Waals surface area contributed by atoms with Gasteiger partial charge in [0.1, 0.15) is 0 Å². The molecule has 0 aliphatic carbocycles. The normalized spacial score (nSPS) is 14.9. The number of primary amides is 1. The zero-order valence-electron chi connectivity index (χ0n) is 11.7. The third-order valence-corrected chi connectivity index (χ3v) is 3.86. The van der Waals surface area contributed by atoms with Crippen LogP contribution in [0.2, 0.25) is 0 Å². The summed E-state index contributed by atoms with van der Waals surface area (Å²) < 4.78 is 0. The Morgan fingerprint density at radius 3 is 2.47 bits per heavy atom. The molecule has 0 spiro atoms. The molecule has 0 saturated carbocycles. The highest BCUT2D eigenvalue weighted by molar-refractivity contribution is 7.99. The molecule has 3 nitrogen and oxygen atoms in total. The Morgan fingerprint density at radius 2 is 2.00 bits per heavy atom. The molecule has 17 heavy (non-hydrogen) atoms. The van der Waals surface area contributed by atoms with Gasteiger partial charge < -0.3 is 11.1 Å². The van der Waals surface area contributed by atoms with Crippen molar-refractivity contribution < 1.29 is 4.79 Å². The second kappa shape index (κ2) is 8.81. The van der Waals surface area contributed by atoms with Crippen LogP contribution >= 0.6 is 11.8 Å². The van der Waals surface area contributed by atoms with E-state index < -0.39 is 5.54 Å². The summed E-state index contributed by atoms with van der Waals surface area (Å²) in [5.41, 5.74) is 4.91. The molecule has 0 aromatic carbocycles. The topological polar surface area (TPSA) is 55.1 Å². The molecule has 3 N–H and O–H groups in total. The summed E-state index contributed by atoms with van der Waals surface area (Å²) in [4.78, 5) is 11.5. The lowest BCUT2D eigenvalue weighted by Gasteiger charge is -2.29. The zero-order chi connectivity index (χ0) is 13.3. The minimum absolute atomic E-state index is 0.250. The average molecular weight is 260 g/mol. The van der Waals surface area contributed by atoms with Crippen LogP contribution in [0.4, 0.5) is 0 Å². The van der Waals surface area contributed by atoms with Crippen LogP contribution in [0.1, 0.15) is 53.4 Å². The molecule has 0 aliphatic rings. The second-order valence-electron chi connectivity index (χ2n) is 5.06. The monoisotopic (exact) mass is 260 g/mol. The van der Waals surface area contributed by atoms with E-state index in [2.05, 4.69) is 12.2 Å². The van der Waals surface area contributed by atoms with Crippen molar-refractivity contribution in [3.8, 4) is 0 Å². The Labute approximate surface area is 110 Å². The number of nitrogens with two attached hydrogens (primary N) is 1. The van der Waals surface area contributed by atoms with E-state index >= 15 is 0 Å². The molecule has 0 saturated heterocycles. The summed E-state index contributed by atoms with van der Waals surface area (Å²) in [5.74, 6) is 1.92. The van der Waals surface area contributed by atoms with E-state index in [1.807, 2.05) is 32.5 Å². The summed E-state index contributed by atoms with van der Waals surface area (Å²) in [6, 6.07) is 0.276. The highest BCUT2D eigenvalue weighted by Gasteiger charge is 2.30. The van der Waals surface area contributed by atoms with Gasteiger partial charge in [0, 0.05) is 6.04 Å². The van der Waals surface area contributed by atoms with Crippen LogP contribution < -0.4 is 11.1 Å². The predicted octanol–water partition coefficient (Wildman–Crippen LogP) is 2.54. The van der Waals surface area contributed by atoms with Crippen molar-refractivity contribution in [2.24, 2.45) is 5.73 Å². The minimum atomic E-state index is -0.564. The first kappa shape index (κ1) is 16.8. The van der Waals surface area contributed by atoms with Crippen LogP contribution in [0.25, 0.3) is 0 Å². The number of thioether (sulfide) groups is 1. The van der Waals surface area contributed by atoms with Crippen molar-refractivity contribution in [3.63, 3.8) is 0 Å². The number of carbonyl (C=O) groups is 1. The smallest absolute Gasteiger partial charge is 0.237 e. The van der Waals surface area contributed by atoms with Gasteiger partial charge in [-0.05, 0) is 45.1 Å². The molecule has 1 atom stereocenters. The van der Waals surface area contributed by atoms with Gasteiger partial charge in [0.05, 0.1) is 5.54 Å². The Bertz CT molecular complexity index is 221. The number of rotatable bonds is 10. The van der Waals surface area contributed by atoms with E-state index in [1.54, 1.807) is 0 Å². The summed E-state index contributed by atoms with van der Waals surface area (Å²) >= 11 is 1.92. The van der Waals surface area contributed by atoms with Crippen molar-refractivity contribution in [3.05, 3.63) is 0 Å². The van der Waals surface area contributed by atoms with Crippen molar-refractivity contribution in [2.45, 2.75) is 65.0 Å². The van der Waals surface area contributed by atoms with Crippen LogP contribution in [0.3, 0.4) is 0 Å². The van der Waals surface area contributed by atoms with Crippen LogP contribution in [0.15, 0.2) is 0 Å². The number of nitrogens with one attached hydrogen (secondary N) is 1. The Morgan fingerprint density at radius 1 is 1.35 bits per heavy atom. The number of hydrogen-bond donors (Lipinski definition) is 2. The van der Waals surface area contributed by atoms with Crippen molar-refractivity contribution >= 4 is 17.7 Å². The maximum atomic E-state index is 11.5. The standard InChI is InChI=1S/C13H28N2OS/c1-5-6-7-9-17-10-8-13(4,12(14)16)15-11(2)3/h11,15H,5-10H2,1-4H3,(H2,14,16). The summed E-state index contributed by atoms with van der Waals surface area (Å²) in [7, 11) is 0. The minimum Gasteiger partial charge on any atom is -0.368 e. The first-order valence-electron chi connectivity index (χ1n) is 6.57. The van der Waals surface area contributed by atoms with E-state index in [1.165, 1.54) is 25.0 Å². The molecule has 1 unspecified atom stereocenters. The molecule has 0 heterocycles. The van der Waals surface area contributed by atoms with Gasteiger partial charge in [-0.25, -0.2) is 0 Å². The van der Waals surface area contributed by atoms with Gasteiger partial charge in [-0.15, -0.1) is 0 Å². The number of carbonyl (C=O) groups excluding carboxylic acids is 1. The molecule has 0 aromatic heterocycles. The lowest BCUT2D eigenvalue weighted by Crippen LogP contribution is -2.55. The first-order valence-corrected chi connectivity index (χ1v) is 7.73. The largest absolute Gasteiger partial charge is 0.368 e. The molecular formula is C13H28N2OS. The predicted molar refractivity (Wildman–Crippen MR) is 77.3 cm³/mol. The quantitative estimate of drug-likeness (QED) is 0.594. The Kier molecular flexibility index (Phi) is 8.70. The van der Waals surface area contributed by atoms with Crippen LogP contribution in [-0.4, -0.2) is 29.0 Å². The van der Waals surface area contributed by atoms with Crippen LogP contribution in [-0.2, 0) is 4.79 Å². The highest BCUT2D eigenvalue weighted by Crippen LogP contribution is 2.16. The molecule has 0 bridgehead atoms. The van der Waals surface area contributed by atoms with Crippen molar-refractivity contribution in [1.29, 1.82) is 0 Å². The summed E-state index contributed by atoms with van der Waals surface area (Å²) in [6.45, 7) is 8.19. The average Bonchev–Trinajstić information content (AvgIpc) is 2.22. The second-order valence-corrected chi connectivity index (χ2v) is 6.29. The lowest BCUT2D eigenvalue weighted by molar-refractivity contribution is -0.124. The molecule has 4 heteroatoms. The third kappa shape index (κ3) is 7.66. The fourth-order valence-corrected chi connectivity index (χ4v) is 2.90. The van der Waals surface area contributed by atoms with E-state index in [4.69, 9.17) is 5.73 Å². The van der Waals surface area contributed by atoms with Gasteiger partial charge in [0.25, 0.3) is 0 Å². The van der Waals surface area contributed by atoms with Crippen LogP contribution in [0.5, 0.6) is 0 Å². The van der Waals surface area contributed by atoms with Gasteiger partial charge >= 0.3 is 0 Å². The van der Waals surface area contributed by atoms with Gasteiger partial charge in [0.15, 0.2) is 0 Å². The number of amides is 1. The number of unbranched alkanes of at least 4 members (excludes halogenated alkanes) is 2. The third-order valence-electron chi connectivity index (χ3n) is 2.79.